The molecular formula is C4H14O2. The monoisotopic (exact) mass is 94.1 g/mol. The van der Waals surface area contributed by atoms with E-state index in [0.29, 0.717) is 0 Å². The molecule has 0 bridgehead atoms. The Bertz CT molecular complexity index is 10.3. The van der Waals surface area contributed by atoms with E-state index in [-0.39, 0.29) is 27.8 Å². The molecule has 0 aromatic carbocycles. The molecule has 0 heterocycles. The van der Waals surface area contributed by atoms with Gasteiger partial charge in [0, 0.05) is 0 Å². The van der Waals surface area contributed by atoms with Gasteiger partial charge in [-0.3, -0.25) is 0 Å². The number of rotatable bonds is 0. The summed E-state index contributed by atoms with van der Waals surface area (Å²) in [5.74, 6) is 0. The van der Waals surface area contributed by atoms with Crippen LogP contribution in [0.25, 0.3) is 0 Å². The van der Waals surface area contributed by atoms with Gasteiger partial charge in [0.1, 0.15) is 0 Å². The van der Waals surface area contributed by atoms with Gasteiger partial charge in [-0.15, -0.1) is 0 Å². The van der Waals surface area contributed by atoms with E-state index in [0.717, 1.165) is 0 Å². The third-order valence-electron chi connectivity index (χ3n) is 0. The van der Waals surface area contributed by atoms with E-state index in [4.69, 9.17) is 4.65 Å². The van der Waals surface area contributed by atoms with Gasteiger partial charge < -0.3 is 5.48 Å². The molecule has 0 aliphatic rings. The van der Waals surface area contributed by atoms with Crippen molar-refractivity contribution >= 4 is 0 Å². The van der Waals surface area contributed by atoms with Crippen molar-refractivity contribution in [2.75, 3.05) is 0 Å². The van der Waals surface area contributed by atoms with Gasteiger partial charge in [-0.05, 0) is 0 Å². The molecule has 2 heteroatoms. The fourth-order valence-electron chi connectivity index (χ4n) is 0. The Hall–Kier alpha value is -0.300. The Morgan fingerprint density at radius 2 is 0.833 bits per heavy atom. The summed E-state index contributed by atoms with van der Waals surface area (Å²) in [6.07, 6.45) is 0. The van der Waals surface area contributed by atoms with Gasteiger partial charge in [-0.1, -0.05) is 22.3 Å². The third-order valence-corrected chi connectivity index (χ3v) is 0. The molecule has 42 valence electrons. The van der Waals surface area contributed by atoms with Crippen molar-refractivity contribution in [1.82, 2.24) is 0 Å². The summed E-state index contributed by atoms with van der Waals surface area (Å²) in [7, 11) is 0. The zero-order chi connectivity index (χ0) is 2.00. The average molecular weight is 94.2 g/mol. The quantitative estimate of drug-likeness (QED) is 0.318. The molecule has 0 amide bonds. The maximum atomic E-state index is 7.50. The summed E-state index contributed by atoms with van der Waals surface area (Å²) in [6, 6.07) is 0. The van der Waals surface area contributed by atoms with Gasteiger partial charge in [0.25, 0.3) is 0 Å². The maximum absolute atomic E-state index is 7.50. The molecule has 0 radical (unpaired) electrons. The molecule has 0 spiro atoms. The molecule has 0 saturated heterocycles. The van der Waals surface area contributed by atoms with Crippen molar-refractivity contribution in [2.24, 2.45) is 0 Å². The average Bonchev–Trinajstić information content (AvgIpc) is 1.00. The predicted molar refractivity (Wildman–Crippen MR) is 27.7 cm³/mol. The van der Waals surface area contributed by atoms with Crippen molar-refractivity contribution < 1.29 is 10.1 Å². The van der Waals surface area contributed by atoms with Crippen molar-refractivity contribution in [3.63, 3.8) is 0 Å². The van der Waals surface area contributed by atoms with E-state index in [1.807, 2.05) is 0 Å². The van der Waals surface area contributed by atoms with Gasteiger partial charge in [0.2, 0.25) is 0 Å². The molecule has 0 unspecified atom stereocenters. The molecule has 2 N–H and O–H groups in total. The zero-order valence-electron chi connectivity index (χ0n) is 1.41. The third kappa shape index (κ3) is 300. The van der Waals surface area contributed by atoms with Crippen LogP contribution in [0.3, 0.4) is 0 Å². The van der Waals surface area contributed by atoms with Gasteiger partial charge >= 0.3 is 11.3 Å². The van der Waals surface area contributed by atoms with Crippen LogP contribution in [0.2, 0.25) is 0 Å². The molecule has 0 aliphatic carbocycles. The van der Waals surface area contributed by atoms with Gasteiger partial charge in [-0.25, -0.2) is 0 Å². The Morgan fingerprint density at radius 1 is 0.833 bits per heavy atom. The molecule has 0 saturated carbocycles. The summed E-state index contributed by atoms with van der Waals surface area (Å²) in [5, 5.41) is 0. The second-order valence-corrected chi connectivity index (χ2v) is 0. The van der Waals surface area contributed by atoms with E-state index in [9.17, 15) is 0 Å². The molecule has 6 heavy (non-hydrogen) atoms. The molecular weight excluding hydrogens is 80.0 g/mol. The van der Waals surface area contributed by atoms with Crippen LogP contribution >= 0.6 is 0 Å². The fraction of sp³-hybridized carbons (Fsp3) is 0.750. The van der Waals surface area contributed by atoms with Crippen molar-refractivity contribution in [3.05, 3.63) is 6.65 Å². The summed E-state index contributed by atoms with van der Waals surface area (Å²) in [4.78, 5) is 0. The van der Waals surface area contributed by atoms with Crippen LogP contribution in [0.4, 0.5) is 0 Å². The van der Waals surface area contributed by atoms with Gasteiger partial charge in [-0.2, -0.15) is 0 Å². The Kier molecular flexibility index (Phi) is 30600. The minimum absolute atomic E-state index is 0. The Balaban J connectivity index is -0.000000000833. The van der Waals surface area contributed by atoms with Gasteiger partial charge in [0.15, 0.2) is 0 Å². The van der Waals surface area contributed by atoms with E-state index >= 15 is 0 Å². The van der Waals surface area contributed by atoms with E-state index in [1.54, 1.807) is 0 Å². The van der Waals surface area contributed by atoms with Crippen molar-refractivity contribution in [2.45, 2.75) is 22.3 Å². The van der Waals surface area contributed by atoms with Crippen LogP contribution in [0, 0.1) is 6.65 Å². The Morgan fingerprint density at radius 3 is 0.833 bits per heavy atom. The normalized spacial score (nSPS) is 0.333. The van der Waals surface area contributed by atoms with E-state index in [2.05, 4.69) is 6.65 Å². The van der Waals surface area contributed by atoms with E-state index < -0.39 is 0 Å². The summed E-state index contributed by atoms with van der Waals surface area (Å²) < 4.78 is 7.50. The van der Waals surface area contributed by atoms with Crippen LogP contribution < -0.4 is 0 Å². The van der Waals surface area contributed by atoms with Crippen LogP contribution in [0.1, 0.15) is 22.3 Å². The first-order valence-corrected chi connectivity index (χ1v) is 0.204. The zero-order valence-corrected chi connectivity index (χ0v) is 1.41. The molecule has 0 aromatic rings. The standard InChI is InChI=1S/CO.3CH4.H2O/c1-2;;;;/h;3*1H4;1H2. The number of hydrogen-bond acceptors (Lipinski definition) is 0. The minimum atomic E-state index is 0. The number of hydrogen-bond donors (Lipinski definition) is 0. The predicted octanol–water partition coefficient (Wildman–Crippen LogP) is 1.05. The van der Waals surface area contributed by atoms with Crippen molar-refractivity contribution in [3.8, 4) is 0 Å². The Labute approximate surface area is 40.2 Å². The first kappa shape index (κ1) is 257. The summed E-state index contributed by atoms with van der Waals surface area (Å²) in [5.41, 5.74) is 0. The molecule has 0 atom stereocenters. The first-order chi connectivity index (χ1) is 1.00. The molecule has 0 aliphatic heterocycles. The summed E-state index contributed by atoms with van der Waals surface area (Å²) >= 11 is 0. The molecule has 0 aromatic heterocycles. The molecule has 2 nitrogen and oxygen atoms in total. The molecule has 0 fully saturated rings. The van der Waals surface area contributed by atoms with Gasteiger partial charge in [0.05, 0.1) is 0 Å². The fourth-order valence-corrected chi connectivity index (χ4v) is 0. The van der Waals surface area contributed by atoms with Crippen LogP contribution in [-0.4, -0.2) is 5.48 Å². The second kappa shape index (κ2) is 715. The van der Waals surface area contributed by atoms with Crippen LogP contribution in [0.5, 0.6) is 0 Å². The SMILES string of the molecule is C.C.C.O.[C-]#[O+]. The molecule has 0 rings (SSSR count). The van der Waals surface area contributed by atoms with E-state index in [1.165, 1.54) is 0 Å². The van der Waals surface area contributed by atoms with Crippen LogP contribution in [-0.2, 0) is 4.65 Å². The van der Waals surface area contributed by atoms with Crippen molar-refractivity contribution in [1.29, 1.82) is 0 Å². The summed E-state index contributed by atoms with van der Waals surface area (Å²) in [6.45, 7) is 4.50. The topological polar surface area (TPSA) is 51.4 Å². The van der Waals surface area contributed by atoms with Crippen LogP contribution in [0.15, 0.2) is 0 Å². The second-order valence-electron chi connectivity index (χ2n) is 0. The first-order valence-electron chi connectivity index (χ1n) is 0.204.